The van der Waals surface area contributed by atoms with E-state index in [9.17, 15) is 9.18 Å². The number of H-pyrrole nitrogens is 1. The minimum absolute atomic E-state index is 0.274. The zero-order valence-corrected chi connectivity index (χ0v) is 11.1. The lowest BCUT2D eigenvalue weighted by Crippen LogP contribution is -2.32. The van der Waals surface area contributed by atoms with Gasteiger partial charge in [0.25, 0.3) is 0 Å². The second-order valence-electron chi connectivity index (χ2n) is 4.68. The van der Waals surface area contributed by atoms with Crippen LogP contribution in [0.5, 0.6) is 0 Å². The molecule has 2 aromatic heterocycles. The summed E-state index contributed by atoms with van der Waals surface area (Å²) in [6, 6.07) is 4.07. The number of nitrogens with zero attached hydrogens (tertiary/aromatic N) is 2. The third kappa shape index (κ3) is 2.71. The van der Waals surface area contributed by atoms with Gasteiger partial charge in [0.2, 0.25) is 0 Å². The molecule has 1 aromatic carbocycles. The number of aromatic nitrogens is 3. The predicted octanol–water partition coefficient (Wildman–Crippen LogP) is 1.84. The zero-order chi connectivity index (χ0) is 14.8. The molecule has 0 unspecified atom stereocenters. The van der Waals surface area contributed by atoms with Gasteiger partial charge >= 0.3 is 6.03 Å². The van der Waals surface area contributed by atoms with Gasteiger partial charge in [-0.3, -0.25) is 4.68 Å². The first-order chi connectivity index (χ1) is 10.1. The number of hydrogen-bond donors (Lipinski definition) is 3. The Labute approximate surface area is 119 Å². The number of carbonyl (C=O) groups excluding carboxylic acids is 1. The number of amides is 2. The van der Waals surface area contributed by atoms with Crippen LogP contribution in [0.25, 0.3) is 22.0 Å². The van der Waals surface area contributed by atoms with Crippen molar-refractivity contribution >= 4 is 16.9 Å². The van der Waals surface area contributed by atoms with Crippen LogP contribution in [0.15, 0.2) is 36.8 Å². The highest BCUT2D eigenvalue weighted by Crippen LogP contribution is 2.28. The summed E-state index contributed by atoms with van der Waals surface area (Å²) in [5.41, 5.74) is 7.62. The molecule has 0 radical (unpaired) electrons. The molecule has 108 valence electrons. The molecule has 0 saturated carbocycles. The number of benzene rings is 1. The lowest BCUT2D eigenvalue weighted by Gasteiger charge is -2.01. The van der Waals surface area contributed by atoms with Crippen molar-refractivity contribution < 1.29 is 9.18 Å². The van der Waals surface area contributed by atoms with Crippen LogP contribution in [0.1, 0.15) is 0 Å². The Kier molecular flexibility index (Phi) is 3.31. The number of primary amides is 1. The predicted molar refractivity (Wildman–Crippen MR) is 77.1 cm³/mol. The van der Waals surface area contributed by atoms with Crippen LogP contribution < -0.4 is 11.1 Å². The molecule has 3 aromatic rings. The van der Waals surface area contributed by atoms with Crippen molar-refractivity contribution in [1.29, 1.82) is 0 Å². The number of nitrogens with one attached hydrogen (secondary N) is 2. The molecule has 2 amide bonds. The second-order valence-corrected chi connectivity index (χ2v) is 4.68. The Bertz CT molecular complexity index is 792. The van der Waals surface area contributed by atoms with Crippen LogP contribution in [0.2, 0.25) is 0 Å². The van der Waals surface area contributed by atoms with E-state index in [1.807, 2.05) is 12.4 Å². The Morgan fingerprint density at radius 1 is 1.48 bits per heavy atom. The maximum atomic E-state index is 13.2. The number of nitrogens with two attached hydrogens (primary N) is 1. The minimum atomic E-state index is -0.555. The fraction of sp³-hybridized carbons (Fsp3) is 0.143. The monoisotopic (exact) mass is 287 g/mol. The normalized spacial score (nSPS) is 10.9. The van der Waals surface area contributed by atoms with Crippen molar-refractivity contribution in [1.82, 2.24) is 20.1 Å². The van der Waals surface area contributed by atoms with Crippen molar-refractivity contribution in [2.45, 2.75) is 6.54 Å². The molecule has 0 saturated heterocycles. The van der Waals surface area contributed by atoms with Crippen LogP contribution in [-0.2, 0) is 6.54 Å². The van der Waals surface area contributed by atoms with Gasteiger partial charge in [-0.05, 0) is 18.2 Å². The Morgan fingerprint density at radius 2 is 2.33 bits per heavy atom. The Balaban J connectivity index is 1.83. The summed E-state index contributed by atoms with van der Waals surface area (Å²) in [4.78, 5) is 13.6. The molecule has 0 aliphatic heterocycles. The third-order valence-electron chi connectivity index (χ3n) is 3.23. The van der Waals surface area contributed by atoms with Crippen molar-refractivity contribution in [3.05, 3.63) is 42.6 Å². The van der Waals surface area contributed by atoms with Gasteiger partial charge in [0.15, 0.2) is 0 Å². The molecular formula is C14H14FN5O. The van der Waals surface area contributed by atoms with E-state index in [2.05, 4.69) is 15.4 Å². The topological polar surface area (TPSA) is 88.7 Å². The van der Waals surface area contributed by atoms with Crippen LogP contribution in [0.3, 0.4) is 0 Å². The minimum Gasteiger partial charge on any atom is -0.360 e. The summed E-state index contributed by atoms with van der Waals surface area (Å²) >= 11 is 0. The van der Waals surface area contributed by atoms with Crippen molar-refractivity contribution in [2.75, 3.05) is 6.54 Å². The van der Waals surface area contributed by atoms with Gasteiger partial charge in [-0.2, -0.15) is 5.10 Å². The molecular weight excluding hydrogens is 273 g/mol. The number of carbonyl (C=O) groups is 1. The quantitative estimate of drug-likeness (QED) is 0.683. The van der Waals surface area contributed by atoms with E-state index in [1.165, 1.54) is 12.1 Å². The first-order valence-corrected chi connectivity index (χ1v) is 6.46. The van der Waals surface area contributed by atoms with E-state index < -0.39 is 6.03 Å². The number of rotatable bonds is 4. The molecule has 0 spiro atoms. The summed E-state index contributed by atoms with van der Waals surface area (Å²) in [7, 11) is 0. The van der Waals surface area contributed by atoms with Crippen LogP contribution in [0, 0.1) is 5.82 Å². The summed E-state index contributed by atoms with van der Waals surface area (Å²) in [5, 5.41) is 7.67. The molecule has 21 heavy (non-hydrogen) atoms. The number of hydrogen-bond acceptors (Lipinski definition) is 2. The van der Waals surface area contributed by atoms with E-state index in [-0.39, 0.29) is 5.82 Å². The van der Waals surface area contributed by atoms with Crippen LogP contribution in [0.4, 0.5) is 9.18 Å². The number of aromatic amines is 1. The number of fused-ring (bicyclic) bond motifs is 1. The van der Waals surface area contributed by atoms with E-state index in [0.717, 1.165) is 22.0 Å². The van der Waals surface area contributed by atoms with Crippen molar-refractivity contribution in [2.24, 2.45) is 5.73 Å². The van der Waals surface area contributed by atoms with Crippen LogP contribution >= 0.6 is 0 Å². The van der Waals surface area contributed by atoms with Gasteiger partial charge in [-0.25, -0.2) is 9.18 Å². The summed E-state index contributed by atoms with van der Waals surface area (Å²) in [6.45, 7) is 0.940. The maximum absolute atomic E-state index is 13.2. The summed E-state index contributed by atoms with van der Waals surface area (Å²) in [5.74, 6) is -0.274. The van der Waals surface area contributed by atoms with Gasteiger partial charge in [0.1, 0.15) is 5.82 Å². The highest BCUT2D eigenvalue weighted by Gasteiger charge is 2.09. The molecule has 4 N–H and O–H groups in total. The van der Waals surface area contributed by atoms with Crippen molar-refractivity contribution in [3.63, 3.8) is 0 Å². The molecule has 0 bridgehead atoms. The standard InChI is InChI=1S/C14H14FN5O/c15-10-1-2-11-12(7-18-13(11)5-10)9-6-19-20(8-9)4-3-17-14(16)21/h1-2,5-8,18H,3-4H2,(H3,16,17,21). The van der Waals surface area contributed by atoms with Gasteiger partial charge in [-0.15, -0.1) is 0 Å². The van der Waals surface area contributed by atoms with Crippen LogP contribution in [-0.4, -0.2) is 27.3 Å². The fourth-order valence-electron chi connectivity index (χ4n) is 2.26. The average Bonchev–Trinajstić information content (AvgIpc) is 3.04. The first-order valence-electron chi connectivity index (χ1n) is 6.46. The van der Waals surface area contributed by atoms with Gasteiger partial charge in [0.05, 0.1) is 12.7 Å². The van der Waals surface area contributed by atoms with Crippen molar-refractivity contribution in [3.8, 4) is 11.1 Å². The maximum Gasteiger partial charge on any atom is 0.312 e. The first kappa shape index (κ1) is 13.2. The lowest BCUT2D eigenvalue weighted by molar-refractivity contribution is 0.248. The number of halogens is 1. The SMILES string of the molecule is NC(=O)NCCn1cc(-c2c[nH]c3cc(F)ccc23)cn1. The molecule has 2 heterocycles. The Hall–Kier alpha value is -2.83. The molecule has 0 aliphatic carbocycles. The van der Waals surface area contributed by atoms with E-state index in [0.29, 0.717) is 13.1 Å². The number of urea groups is 1. The third-order valence-corrected chi connectivity index (χ3v) is 3.23. The van der Waals surface area contributed by atoms with Gasteiger partial charge in [-0.1, -0.05) is 0 Å². The summed E-state index contributed by atoms with van der Waals surface area (Å²) < 4.78 is 14.9. The largest absolute Gasteiger partial charge is 0.360 e. The highest BCUT2D eigenvalue weighted by molar-refractivity contribution is 5.95. The fourth-order valence-corrected chi connectivity index (χ4v) is 2.26. The van der Waals surface area contributed by atoms with Gasteiger partial charge < -0.3 is 16.0 Å². The van der Waals surface area contributed by atoms with E-state index >= 15 is 0 Å². The molecule has 0 aliphatic rings. The molecule has 7 heteroatoms. The molecule has 3 rings (SSSR count). The summed E-state index contributed by atoms with van der Waals surface area (Å²) in [6.07, 6.45) is 5.43. The second kappa shape index (κ2) is 5.28. The van der Waals surface area contributed by atoms with Gasteiger partial charge in [0, 0.05) is 41.0 Å². The highest BCUT2D eigenvalue weighted by atomic mass is 19.1. The average molecular weight is 287 g/mol. The molecule has 6 nitrogen and oxygen atoms in total. The van der Waals surface area contributed by atoms with E-state index in [4.69, 9.17) is 5.73 Å². The lowest BCUT2D eigenvalue weighted by atomic mass is 10.1. The van der Waals surface area contributed by atoms with E-state index in [1.54, 1.807) is 16.9 Å². The Morgan fingerprint density at radius 3 is 3.14 bits per heavy atom. The smallest absolute Gasteiger partial charge is 0.312 e. The zero-order valence-electron chi connectivity index (χ0n) is 11.1. The molecule has 0 atom stereocenters. The molecule has 0 fully saturated rings.